The van der Waals surface area contributed by atoms with E-state index in [1.165, 1.54) is 6.20 Å². The Morgan fingerprint density at radius 2 is 1.72 bits per heavy atom. The molecule has 36 heavy (non-hydrogen) atoms. The van der Waals surface area contributed by atoms with Crippen LogP contribution in [0.5, 0.6) is 0 Å². The van der Waals surface area contributed by atoms with Crippen LogP contribution in [-0.4, -0.2) is 30.2 Å². The number of nitrogens with one attached hydrogen (secondary N) is 1. The predicted molar refractivity (Wildman–Crippen MR) is 139 cm³/mol. The minimum absolute atomic E-state index is 0.596. The van der Waals surface area contributed by atoms with E-state index in [1.807, 2.05) is 38.1 Å². The Morgan fingerprint density at radius 3 is 2.50 bits per heavy atom. The lowest BCUT2D eigenvalue weighted by Gasteiger charge is -2.16. The van der Waals surface area contributed by atoms with E-state index in [9.17, 15) is 5.21 Å². The van der Waals surface area contributed by atoms with Crippen LogP contribution in [0.4, 0.5) is 0 Å². The van der Waals surface area contributed by atoms with Gasteiger partial charge in [0.1, 0.15) is 5.82 Å². The van der Waals surface area contributed by atoms with Crippen molar-refractivity contribution in [2.24, 2.45) is 0 Å². The number of nitrogens with zero attached hydrogens (tertiary/aromatic N) is 6. The van der Waals surface area contributed by atoms with E-state index in [4.69, 9.17) is 4.98 Å². The maximum atomic E-state index is 12.5. The summed E-state index contributed by atoms with van der Waals surface area (Å²) in [7, 11) is 0. The Bertz CT molecular complexity index is 1490. The van der Waals surface area contributed by atoms with Crippen molar-refractivity contribution in [1.82, 2.24) is 30.2 Å². The molecule has 0 atom stereocenters. The largest absolute Gasteiger partial charge is 0.618 e. The normalized spacial score (nSPS) is 11.2. The summed E-state index contributed by atoms with van der Waals surface area (Å²) < 4.78 is 3.16. The third-order valence-electron chi connectivity index (χ3n) is 6.48. The number of imidazole rings is 1. The highest BCUT2D eigenvalue weighted by molar-refractivity contribution is 5.90. The van der Waals surface area contributed by atoms with Gasteiger partial charge in [-0.25, -0.2) is 10.1 Å². The number of benzene rings is 2. The smallest absolute Gasteiger partial charge is 0.197 e. The van der Waals surface area contributed by atoms with Crippen LogP contribution in [0.25, 0.3) is 33.6 Å². The highest BCUT2D eigenvalue weighted by Gasteiger charge is 2.19. The number of hydrogen-bond donors (Lipinski definition) is 1. The number of aromatic nitrogens is 7. The standard InChI is InChI=1S/C28H29N7O/c1-4-5-12-27-29-19(2)17-34(27)18-21-13-14-24(26(16-21)22-11-8-15-35(36)20(22)3)23-9-6-7-10-25(23)28-30-32-33-31-28/h6-11,13-17H,4-5,12,18H2,1-3H3,(H,30,31,32,33). The van der Waals surface area contributed by atoms with Crippen molar-refractivity contribution < 1.29 is 4.73 Å². The topological polar surface area (TPSA) is 99.2 Å². The van der Waals surface area contributed by atoms with Crippen LogP contribution in [-0.2, 0) is 13.0 Å². The number of hydrogen-bond acceptors (Lipinski definition) is 5. The maximum absolute atomic E-state index is 12.5. The van der Waals surface area contributed by atoms with Crippen LogP contribution in [0.1, 0.15) is 42.5 Å². The van der Waals surface area contributed by atoms with E-state index in [0.29, 0.717) is 18.1 Å². The number of aromatic amines is 1. The van der Waals surface area contributed by atoms with Crippen molar-refractivity contribution in [3.8, 4) is 33.6 Å². The second-order valence-electron chi connectivity index (χ2n) is 9.04. The molecule has 0 bridgehead atoms. The SMILES string of the molecule is CCCCc1nc(C)cn1Cc1ccc(-c2ccccc2-c2nnn[nH]2)c(-c2ccc[n+]([O-])c2C)c1. The molecule has 182 valence electrons. The predicted octanol–water partition coefficient (Wildman–Crippen LogP) is 5.04. The number of pyridine rings is 1. The molecular weight excluding hydrogens is 450 g/mol. The fourth-order valence-electron chi connectivity index (χ4n) is 4.66. The molecule has 0 unspecified atom stereocenters. The van der Waals surface area contributed by atoms with Gasteiger partial charge in [0.25, 0.3) is 0 Å². The quantitative estimate of drug-likeness (QED) is 0.248. The van der Waals surface area contributed by atoms with Crippen molar-refractivity contribution in [3.05, 3.63) is 95.0 Å². The Balaban J connectivity index is 1.65. The summed E-state index contributed by atoms with van der Waals surface area (Å²) >= 11 is 0. The van der Waals surface area contributed by atoms with Gasteiger partial charge in [0.2, 0.25) is 0 Å². The molecule has 0 spiro atoms. The number of rotatable bonds is 8. The number of aryl methyl sites for hydroxylation is 2. The van der Waals surface area contributed by atoms with E-state index < -0.39 is 0 Å². The van der Waals surface area contributed by atoms with Gasteiger partial charge in [0.05, 0.1) is 11.3 Å². The maximum Gasteiger partial charge on any atom is 0.197 e. The van der Waals surface area contributed by atoms with Gasteiger partial charge in [-0.05, 0) is 58.2 Å². The van der Waals surface area contributed by atoms with Crippen molar-refractivity contribution in [3.63, 3.8) is 0 Å². The van der Waals surface area contributed by atoms with Gasteiger partial charge >= 0.3 is 0 Å². The number of H-pyrrole nitrogens is 1. The number of tetrazole rings is 1. The van der Waals surface area contributed by atoms with E-state index in [-0.39, 0.29) is 0 Å². The average Bonchev–Trinajstić information content (AvgIpc) is 3.54. The Labute approximate surface area is 210 Å². The molecule has 1 N–H and O–H groups in total. The van der Waals surface area contributed by atoms with Crippen LogP contribution >= 0.6 is 0 Å². The molecule has 0 aliphatic rings. The summed E-state index contributed by atoms with van der Waals surface area (Å²) in [5.41, 5.74) is 7.59. The molecule has 3 heterocycles. The van der Waals surface area contributed by atoms with Crippen molar-refractivity contribution in [2.75, 3.05) is 0 Å². The van der Waals surface area contributed by atoms with Crippen molar-refractivity contribution in [1.29, 1.82) is 0 Å². The zero-order valence-electron chi connectivity index (χ0n) is 20.8. The lowest BCUT2D eigenvalue weighted by atomic mass is 9.89. The lowest BCUT2D eigenvalue weighted by Crippen LogP contribution is -2.29. The van der Waals surface area contributed by atoms with Crippen LogP contribution in [0.2, 0.25) is 0 Å². The Hall–Kier alpha value is -4.33. The molecule has 0 aliphatic heterocycles. The van der Waals surface area contributed by atoms with Crippen molar-refractivity contribution >= 4 is 0 Å². The van der Waals surface area contributed by atoms with Crippen molar-refractivity contribution in [2.45, 2.75) is 46.6 Å². The summed E-state index contributed by atoms with van der Waals surface area (Å²) in [6.07, 6.45) is 6.85. The lowest BCUT2D eigenvalue weighted by molar-refractivity contribution is -0.611. The molecule has 8 heteroatoms. The first-order valence-corrected chi connectivity index (χ1v) is 12.2. The summed E-state index contributed by atoms with van der Waals surface area (Å²) in [6, 6.07) is 18.3. The van der Waals surface area contributed by atoms with Gasteiger partial charge in [-0.1, -0.05) is 49.7 Å². The summed E-state index contributed by atoms with van der Waals surface area (Å²) in [5.74, 6) is 1.70. The van der Waals surface area contributed by atoms with Gasteiger partial charge in [0, 0.05) is 37.7 Å². The Morgan fingerprint density at radius 1 is 0.944 bits per heavy atom. The summed E-state index contributed by atoms with van der Waals surface area (Å²) in [4.78, 5) is 4.75. The summed E-state index contributed by atoms with van der Waals surface area (Å²) in [5, 5.41) is 27.0. The molecule has 5 rings (SSSR count). The van der Waals surface area contributed by atoms with E-state index in [1.54, 1.807) is 6.07 Å². The fraction of sp³-hybridized carbons (Fsp3) is 0.250. The van der Waals surface area contributed by atoms with Crippen LogP contribution in [0, 0.1) is 19.1 Å². The average molecular weight is 480 g/mol. The van der Waals surface area contributed by atoms with Gasteiger partial charge in [-0.3, -0.25) is 0 Å². The molecule has 5 aromatic rings. The molecule has 0 saturated heterocycles. The second-order valence-corrected chi connectivity index (χ2v) is 9.04. The van der Waals surface area contributed by atoms with Gasteiger partial charge in [-0.2, -0.15) is 4.73 Å². The minimum Gasteiger partial charge on any atom is -0.618 e. The first kappa shape index (κ1) is 23.4. The summed E-state index contributed by atoms with van der Waals surface area (Å²) in [6.45, 7) is 6.80. The fourth-order valence-corrected chi connectivity index (χ4v) is 4.66. The van der Waals surface area contributed by atoms with Crippen LogP contribution < -0.4 is 4.73 Å². The van der Waals surface area contributed by atoms with E-state index >= 15 is 0 Å². The monoisotopic (exact) mass is 479 g/mol. The minimum atomic E-state index is 0.596. The molecule has 0 aliphatic carbocycles. The first-order chi connectivity index (χ1) is 17.5. The zero-order valence-corrected chi connectivity index (χ0v) is 20.8. The molecule has 2 aromatic carbocycles. The molecule has 0 amide bonds. The Kier molecular flexibility index (Phi) is 6.58. The van der Waals surface area contributed by atoms with Gasteiger partial charge in [-0.15, -0.1) is 5.10 Å². The molecule has 8 nitrogen and oxygen atoms in total. The van der Waals surface area contributed by atoms with E-state index in [2.05, 4.69) is 62.6 Å². The third kappa shape index (κ3) is 4.62. The molecule has 0 saturated carbocycles. The molecule has 3 aromatic heterocycles. The molecule has 0 radical (unpaired) electrons. The van der Waals surface area contributed by atoms with E-state index in [0.717, 1.165) is 68.9 Å². The highest BCUT2D eigenvalue weighted by atomic mass is 16.5. The number of unbranched alkanes of at least 4 members (excludes halogenated alkanes) is 1. The van der Waals surface area contributed by atoms with Gasteiger partial charge < -0.3 is 9.77 Å². The zero-order chi connectivity index (χ0) is 25.1. The molecular formula is C28H29N7O. The second kappa shape index (κ2) is 10.1. The molecule has 0 fully saturated rings. The highest BCUT2D eigenvalue weighted by Crippen LogP contribution is 2.38. The third-order valence-corrected chi connectivity index (χ3v) is 6.48. The van der Waals surface area contributed by atoms with Crippen LogP contribution in [0.15, 0.2) is 67.0 Å². The van der Waals surface area contributed by atoms with Crippen LogP contribution in [0.3, 0.4) is 0 Å². The van der Waals surface area contributed by atoms with Gasteiger partial charge in [0.15, 0.2) is 17.7 Å². The first-order valence-electron chi connectivity index (χ1n) is 12.2.